The fourth-order valence-corrected chi connectivity index (χ4v) is 2.90. The van der Waals surface area contributed by atoms with Crippen molar-refractivity contribution in [3.8, 4) is 39.8 Å². The maximum atomic E-state index is 12.2. The van der Waals surface area contributed by atoms with E-state index < -0.39 is 11.2 Å². The van der Waals surface area contributed by atoms with E-state index in [1.807, 2.05) is 36.4 Å². The van der Waals surface area contributed by atoms with E-state index in [1.54, 1.807) is 18.5 Å². The predicted octanol–water partition coefficient (Wildman–Crippen LogP) is 3.61. The van der Waals surface area contributed by atoms with Gasteiger partial charge in [-0.2, -0.15) is 0 Å². The highest BCUT2D eigenvalue weighted by atomic mass is 16.5. The molecule has 3 aromatic heterocycles. The highest BCUT2D eigenvalue weighted by Crippen LogP contribution is 2.36. The second-order valence-electron chi connectivity index (χ2n) is 6.10. The van der Waals surface area contributed by atoms with Gasteiger partial charge in [-0.25, -0.2) is 4.98 Å². The van der Waals surface area contributed by atoms with Crippen molar-refractivity contribution in [3.63, 3.8) is 0 Å². The van der Waals surface area contributed by atoms with Crippen LogP contribution >= 0.6 is 0 Å². The Hall–Kier alpha value is -3.71. The monoisotopic (exact) mass is 375 g/mol. The number of benzene rings is 1. The molecule has 4 aromatic rings. The van der Waals surface area contributed by atoms with Crippen LogP contribution in [0.3, 0.4) is 0 Å². The number of nitrogens with zero attached hydrogens (tertiary/aromatic N) is 2. The number of rotatable bonds is 5. The summed E-state index contributed by atoms with van der Waals surface area (Å²) < 4.78 is 10.8. The first kappa shape index (κ1) is 17.7. The van der Waals surface area contributed by atoms with Crippen LogP contribution in [0, 0.1) is 0 Å². The first-order valence-corrected chi connectivity index (χ1v) is 8.58. The molecule has 4 rings (SSSR count). The van der Waals surface area contributed by atoms with E-state index in [9.17, 15) is 9.90 Å². The van der Waals surface area contributed by atoms with Gasteiger partial charge in [0.05, 0.1) is 0 Å². The lowest BCUT2D eigenvalue weighted by atomic mass is 10.1. The molecule has 0 aliphatic heterocycles. The Labute approximate surface area is 160 Å². The van der Waals surface area contributed by atoms with Gasteiger partial charge in [-0.1, -0.05) is 30.3 Å². The second kappa shape index (κ2) is 7.50. The molecule has 0 bridgehead atoms. The molecule has 7 heteroatoms. The van der Waals surface area contributed by atoms with Gasteiger partial charge in [-0.05, 0) is 12.1 Å². The van der Waals surface area contributed by atoms with Gasteiger partial charge in [0, 0.05) is 36.7 Å². The van der Waals surface area contributed by atoms with Crippen molar-refractivity contribution in [2.75, 3.05) is 7.11 Å². The van der Waals surface area contributed by atoms with Gasteiger partial charge < -0.3 is 19.2 Å². The van der Waals surface area contributed by atoms with Crippen molar-refractivity contribution in [2.45, 2.75) is 6.61 Å². The van der Waals surface area contributed by atoms with E-state index in [2.05, 4.69) is 15.0 Å². The van der Waals surface area contributed by atoms with Crippen molar-refractivity contribution in [1.29, 1.82) is 0 Å². The zero-order chi connectivity index (χ0) is 19.5. The number of pyridine rings is 1. The Morgan fingerprint density at radius 3 is 2.64 bits per heavy atom. The molecule has 0 saturated carbocycles. The zero-order valence-corrected chi connectivity index (χ0v) is 15.0. The van der Waals surface area contributed by atoms with E-state index in [0.717, 1.165) is 11.1 Å². The molecule has 0 radical (unpaired) electrons. The molecule has 1 aromatic carbocycles. The quantitative estimate of drug-likeness (QED) is 0.553. The molecule has 0 aliphatic rings. The molecule has 0 saturated heterocycles. The van der Waals surface area contributed by atoms with E-state index in [0.29, 0.717) is 23.0 Å². The minimum Gasteiger partial charge on any atom is -0.501 e. The third-order valence-corrected chi connectivity index (χ3v) is 4.17. The fourth-order valence-electron chi connectivity index (χ4n) is 2.90. The van der Waals surface area contributed by atoms with Crippen LogP contribution in [0.15, 0.2) is 70.1 Å². The maximum absolute atomic E-state index is 12.2. The molecule has 0 unspecified atom stereocenters. The summed E-state index contributed by atoms with van der Waals surface area (Å²) in [6.45, 7) is 0.104. The van der Waals surface area contributed by atoms with Crippen LogP contribution in [-0.4, -0.2) is 27.2 Å². The maximum Gasteiger partial charge on any atom is 0.227 e. The zero-order valence-electron chi connectivity index (χ0n) is 15.0. The van der Waals surface area contributed by atoms with Gasteiger partial charge in [-0.3, -0.25) is 9.78 Å². The number of H-pyrrole nitrogens is 1. The van der Waals surface area contributed by atoms with Crippen LogP contribution in [0.25, 0.3) is 34.1 Å². The van der Waals surface area contributed by atoms with Crippen molar-refractivity contribution in [1.82, 2.24) is 15.0 Å². The summed E-state index contributed by atoms with van der Waals surface area (Å²) in [7, 11) is 1.50. The van der Waals surface area contributed by atoms with Gasteiger partial charge >= 0.3 is 0 Å². The summed E-state index contributed by atoms with van der Waals surface area (Å²) in [5.74, 6) is 0.373. The number of hydrogen-bond acceptors (Lipinski definition) is 6. The average molecular weight is 375 g/mol. The molecule has 7 nitrogen and oxygen atoms in total. The van der Waals surface area contributed by atoms with Gasteiger partial charge in [-0.15, -0.1) is 0 Å². The van der Waals surface area contributed by atoms with Crippen LogP contribution in [0.4, 0.5) is 0 Å². The summed E-state index contributed by atoms with van der Waals surface area (Å²) >= 11 is 0. The van der Waals surface area contributed by atoms with Crippen LogP contribution in [-0.2, 0) is 11.3 Å². The standard InChI is InChI=1S/C21H17N3O4/c1-27-12-15-10-16(25)19(26)20(28-15)18-17(13-6-3-2-4-7-13)23-21(24-18)14-8-5-9-22-11-14/h2-11,26H,12H2,1H3,(H,23,24). The fraction of sp³-hybridized carbons (Fsp3) is 0.0952. The summed E-state index contributed by atoms with van der Waals surface area (Å²) in [5, 5.41) is 10.4. The minimum atomic E-state index is -0.551. The Morgan fingerprint density at radius 1 is 1.14 bits per heavy atom. The Balaban J connectivity index is 1.96. The molecule has 28 heavy (non-hydrogen) atoms. The Bertz CT molecular complexity index is 1150. The molecule has 140 valence electrons. The average Bonchev–Trinajstić information content (AvgIpc) is 3.17. The topological polar surface area (TPSA) is 101 Å². The first-order chi connectivity index (χ1) is 13.7. The summed E-state index contributed by atoms with van der Waals surface area (Å²) in [4.78, 5) is 24.2. The molecule has 0 fully saturated rings. The number of methoxy groups -OCH3 is 1. The first-order valence-electron chi connectivity index (χ1n) is 8.58. The number of nitrogens with one attached hydrogen (secondary N) is 1. The third-order valence-electron chi connectivity index (χ3n) is 4.17. The number of aromatic nitrogens is 3. The van der Waals surface area contributed by atoms with Crippen LogP contribution in [0.2, 0.25) is 0 Å². The number of aromatic hydroxyl groups is 1. The molecule has 3 heterocycles. The van der Waals surface area contributed by atoms with E-state index in [1.165, 1.54) is 13.2 Å². The molecule has 0 spiro atoms. The lowest BCUT2D eigenvalue weighted by molar-refractivity contribution is 0.162. The summed E-state index contributed by atoms with van der Waals surface area (Å²) in [6.07, 6.45) is 3.35. The van der Waals surface area contributed by atoms with E-state index in [4.69, 9.17) is 9.15 Å². The van der Waals surface area contributed by atoms with Gasteiger partial charge in [0.1, 0.15) is 29.6 Å². The summed E-state index contributed by atoms with van der Waals surface area (Å²) in [5.41, 5.74) is 1.97. The van der Waals surface area contributed by atoms with Crippen molar-refractivity contribution < 1.29 is 14.3 Å². The van der Waals surface area contributed by atoms with Crippen molar-refractivity contribution in [3.05, 3.63) is 76.9 Å². The third kappa shape index (κ3) is 3.30. The minimum absolute atomic E-state index is 0.0149. The smallest absolute Gasteiger partial charge is 0.227 e. The Kier molecular flexibility index (Phi) is 4.74. The lowest BCUT2D eigenvalue weighted by Gasteiger charge is -2.07. The highest BCUT2D eigenvalue weighted by Gasteiger charge is 2.22. The number of aromatic amines is 1. The molecule has 0 aliphatic carbocycles. The van der Waals surface area contributed by atoms with Gasteiger partial charge in [0.2, 0.25) is 11.2 Å². The van der Waals surface area contributed by atoms with E-state index in [-0.39, 0.29) is 12.4 Å². The number of hydrogen-bond donors (Lipinski definition) is 2. The van der Waals surface area contributed by atoms with Gasteiger partial charge in [0.25, 0.3) is 0 Å². The highest BCUT2D eigenvalue weighted by molar-refractivity contribution is 5.81. The van der Waals surface area contributed by atoms with Crippen molar-refractivity contribution >= 4 is 0 Å². The molecular formula is C21H17N3O4. The molecule has 2 N–H and O–H groups in total. The molecule has 0 atom stereocenters. The number of ether oxygens (including phenoxy) is 1. The van der Waals surface area contributed by atoms with Crippen LogP contribution < -0.4 is 5.43 Å². The lowest BCUT2D eigenvalue weighted by Crippen LogP contribution is -2.04. The van der Waals surface area contributed by atoms with E-state index >= 15 is 0 Å². The normalized spacial score (nSPS) is 10.9. The van der Waals surface area contributed by atoms with Crippen LogP contribution in [0.1, 0.15) is 5.76 Å². The molecule has 0 amide bonds. The second-order valence-corrected chi connectivity index (χ2v) is 6.10. The largest absolute Gasteiger partial charge is 0.501 e. The van der Waals surface area contributed by atoms with Crippen LogP contribution in [0.5, 0.6) is 5.75 Å². The van der Waals surface area contributed by atoms with Crippen molar-refractivity contribution in [2.24, 2.45) is 0 Å². The number of imidazole rings is 1. The van der Waals surface area contributed by atoms with Gasteiger partial charge in [0.15, 0.2) is 5.76 Å². The Morgan fingerprint density at radius 2 is 1.93 bits per heavy atom. The molecular weight excluding hydrogens is 358 g/mol. The summed E-state index contributed by atoms with van der Waals surface area (Å²) in [6, 6.07) is 14.3. The predicted molar refractivity (Wildman–Crippen MR) is 104 cm³/mol. The SMILES string of the molecule is COCc1cc(=O)c(O)c(-c2[nH]c(-c3cccnc3)nc2-c2ccccc2)o1.